The quantitative estimate of drug-likeness (QED) is 0.623. The third kappa shape index (κ3) is 3.60. The highest BCUT2D eigenvalue weighted by molar-refractivity contribution is 5.75. The van der Waals surface area contributed by atoms with Crippen molar-refractivity contribution in [1.29, 1.82) is 0 Å². The fourth-order valence-electron chi connectivity index (χ4n) is 1.44. The molecule has 0 bridgehead atoms. The van der Waals surface area contributed by atoms with Gasteiger partial charge in [0.05, 0.1) is 4.92 Å². The van der Waals surface area contributed by atoms with Gasteiger partial charge in [0.15, 0.2) is 0 Å². The highest BCUT2D eigenvalue weighted by Gasteiger charge is 2.10. The van der Waals surface area contributed by atoms with Crippen molar-refractivity contribution in [2.75, 3.05) is 0 Å². The zero-order valence-electron chi connectivity index (χ0n) is 9.89. The van der Waals surface area contributed by atoms with E-state index in [4.69, 9.17) is 0 Å². The standard InChI is InChI=1S/C11H11N5O3/c17-11(13-5-9-1-3-12-4-2-9)8-15-7-10(6-14-15)16(18)19/h1-4,6-7H,5,8H2,(H,13,17). The molecule has 1 amide bonds. The number of nitrogens with one attached hydrogen (secondary N) is 1. The number of rotatable bonds is 5. The van der Waals surface area contributed by atoms with Crippen LogP contribution < -0.4 is 5.32 Å². The summed E-state index contributed by atoms with van der Waals surface area (Å²) in [6.45, 7) is 0.323. The van der Waals surface area contributed by atoms with Crippen molar-refractivity contribution in [2.24, 2.45) is 0 Å². The van der Waals surface area contributed by atoms with Crippen molar-refractivity contribution in [3.63, 3.8) is 0 Å². The van der Waals surface area contributed by atoms with Gasteiger partial charge in [0, 0.05) is 18.9 Å². The van der Waals surface area contributed by atoms with Gasteiger partial charge in [-0.1, -0.05) is 0 Å². The van der Waals surface area contributed by atoms with E-state index < -0.39 is 4.92 Å². The number of pyridine rings is 1. The third-order valence-electron chi connectivity index (χ3n) is 2.38. The molecule has 0 saturated carbocycles. The molecule has 0 aliphatic carbocycles. The number of hydrogen-bond acceptors (Lipinski definition) is 5. The number of hydrogen-bond donors (Lipinski definition) is 1. The number of amides is 1. The average molecular weight is 261 g/mol. The van der Waals surface area contributed by atoms with E-state index in [-0.39, 0.29) is 18.1 Å². The van der Waals surface area contributed by atoms with E-state index in [1.807, 2.05) is 0 Å². The first-order chi connectivity index (χ1) is 9.15. The fourth-order valence-corrected chi connectivity index (χ4v) is 1.44. The maximum Gasteiger partial charge on any atom is 0.307 e. The summed E-state index contributed by atoms with van der Waals surface area (Å²) in [4.78, 5) is 25.4. The van der Waals surface area contributed by atoms with Crippen molar-refractivity contribution in [3.05, 3.63) is 52.6 Å². The Labute approximate surface area is 108 Å². The first-order valence-electron chi connectivity index (χ1n) is 5.47. The summed E-state index contributed by atoms with van der Waals surface area (Å²) in [6.07, 6.45) is 5.60. The zero-order valence-corrected chi connectivity index (χ0v) is 9.89. The van der Waals surface area contributed by atoms with Gasteiger partial charge in [-0.3, -0.25) is 24.6 Å². The molecule has 0 aliphatic heterocycles. The van der Waals surface area contributed by atoms with Gasteiger partial charge in [0.25, 0.3) is 0 Å². The van der Waals surface area contributed by atoms with Crippen molar-refractivity contribution >= 4 is 11.6 Å². The minimum Gasteiger partial charge on any atom is -0.350 e. The molecule has 0 radical (unpaired) electrons. The smallest absolute Gasteiger partial charge is 0.307 e. The van der Waals surface area contributed by atoms with Crippen molar-refractivity contribution < 1.29 is 9.72 Å². The Bertz CT molecular complexity index is 581. The molecule has 2 aromatic rings. The van der Waals surface area contributed by atoms with Crippen LogP contribution in [-0.4, -0.2) is 25.6 Å². The third-order valence-corrected chi connectivity index (χ3v) is 2.38. The van der Waals surface area contributed by atoms with Gasteiger partial charge in [0.2, 0.25) is 5.91 Å². The Morgan fingerprint density at radius 3 is 2.79 bits per heavy atom. The number of carbonyl (C=O) groups is 1. The minimum atomic E-state index is -0.557. The van der Waals surface area contributed by atoms with Crippen LogP contribution in [0.4, 0.5) is 5.69 Å². The number of carbonyl (C=O) groups excluding carboxylic acids is 1. The topological polar surface area (TPSA) is 103 Å². The minimum absolute atomic E-state index is 0.0566. The Kier molecular flexibility index (Phi) is 3.81. The van der Waals surface area contributed by atoms with Crippen molar-refractivity contribution in [2.45, 2.75) is 13.1 Å². The van der Waals surface area contributed by atoms with Crippen LogP contribution in [0.5, 0.6) is 0 Å². The lowest BCUT2D eigenvalue weighted by Crippen LogP contribution is -2.27. The van der Waals surface area contributed by atoms with Gasteiger partial charge in [-0.15, -0.1) is 0 Å². The van der Waals surface area contributed by atoms with Crippen molar-refractivity contribution in [3.8, 4) is 0 Å². The van der Waals surface area contributed by atoms with Gasteiger partial charge in [0.1, 0.15) is 18.9 Å². The van der Waals surface area contributed by atoms with E-state index in [9.17, 15) is 14.9 Å². The van der Waals surface area contributed by atoms with Gasteiger partial charge in [-0.05, 0) is 17.7 Å². The zero-order chi connectivity index (χ0) is 13.7. The summed E-state index contributed by atoms with van der Waals surface area (Å²) in [5, 5.41) is 16.9. The summed E-state index contributed by atoms with van der Waals surface area (Å²) >= 11 is 0. The number of aromatic nitrogens is 3. The Morgan fingerprint density at radius 1 is 1.42 bits per heavy atom. The molecule has 8 heteroatoms. The average Bonchev–Trinajstić information content (AvgIpc) is 2.86. The molecule has 8 nitrogen and oxygen atoms in total. The van der Waals surface area contributed by atoms with Crippen LogP contribution in [0, 0.1) is 10.1 Å². The Balaban J connectivity index is 1.85. The fraction of sp³-hybridized carbons (Fsp3) is 0.182. The first kappa shape index (κ1) is 12.7. The molecule has 2 rings (SSSR count). The Morgan fingerprint density at radius 2 is 2.16 bits per heavy atom. The molecular weight excluding hydrogens is 250 g/mol. The monoisotopic (exact) mass is 261 g/mol. The molecule has 0 spiro atoms. The highest BCUT2D eigenvalue weighted by Crippen LogP contribution is 2.07. The van der Waals surface area contributed by atoms with Gasteiger partial charge >= 0.3 is 5.69 Å². The van der Waals surface area contributed by atoms with E-state index in [2.05, 4.69) is 15.4 Å². The highest BCUT2D eigenvalue weighted by atomic mass is 16.6. The number of nitrogens with zero attached hydrogens (tertiary/aromatic N) is 4. The molecule has 0 saturated heterocycles. The lowest BCUT2D eigenvalue weighted by atomic mass is 10.3. The molecule has 0 atom stereocenters. The van der Waals surface area contributed by atoms with Crippen LogP contribution in [0.1, 0.15) is 5.56 Å². The predicted molar refractivity (Wildman–Crippen MR) is 65.0 cm³/mol. The molecule has 98 valence electrons. The van der Waals surface area contributed by atoms with Gasteiger partial charge in [-0.25, -0.2) is 0 Å². The normalized spacial score (nSPS) is 10.1. The Hall–Kier alpha value is -2.77. The molecule has 0 aromatic carbocycles. The van der Waals surface area contributed by atoms with Gasteiger partial charge in [-0.2, -0.15) is 5.10 Å². The van der Waals surface area contributed by atoms with Crippen LogP contribution in [0.25, 0.3) is 0 Å². The lowest BCUT2D eigenvalue weighted by Gasteiger charge is -2.04. The SMILES string of the molecule is O=C(Cn1cc([N+](=O)[O-])cn1)NCc1ccncc1. The van der Waals surface area contributed by atoms with Crippen LogP contribution in [0.15, 0.2) is 36.9 Å². The molecule has 2 aromatic heterocycles. The second-order valence-corrected chi connectivity index (χ2v) is 3.79. The van der Waals surface area contributed by atoms with E-state index >= 15 is 0 Å². The maximum absolute atomic E-state index is 11.6. The van der Waals surface area contributed by atoms with Gasteiger partial charge < -0.3 is 5.32 Å². The van der Waals surface area contributed by atoms with E-state index in [0.29, 0.717) is 6.54 Å². The maximum atomic E-state index is 11.6. The van der Waals surface area contributed by atoms with Crippen LogP contribution >= 0.6 is 0 Å². The second-order valence-electron chi connectivity index (χ2n) is 3.79. The first-order valence-corrected chi connectivity index (χ1v) is 5.47. The number of nitro groups is 1. The summed E-state index contributed by atoms with van der Waals surface area (Å²) in [6, 6.07) is 3.58. The largest absolute Gasteiger partial charge is 0.350 e. The molecule has 1 N–H and O–H groups in total. The molecular formula is C11H11N5O3. The molecule has 0 aliphatic rings. The molecule has 2 heterocycles. The molecule has 0 fully saturated rings. The predicted octanol–water partition coefficient (Wildman–Crippen LogP) is 0.503. The molecule has 19 heavy (non-hydrogen) atoms. The van der Waals surface area contributed by atoms with E-state index in [1.54, 1.807) is 24.5 Å². The summed E-state index contributed by atoms with van der Waals surface area (Å²) in [5.74, 6) is -0.269. The summed E-state index contributed by atoms with van der Waals surface area (Å²) in [7, 11) is 0. The molecule has 0 unspecified atom stereocenters. The van der Waals surface area contributed by atoms with Crippen LogP contribution in [0.2, 0.25) is 0 Å². The lowest BCUT2D eigenvalue weighted by molar-refractivity contribution is -0.385. The summed E-state index contributed by atoms with van der Waals surface area (Å²) < 4.78 is 1.22. The second kappa shape index (κ2) is 5.71. The van der Waals surface area contributed by atoms with Crippen LogP contribution in [-0.2, 0) is 17.9 Å². The van der Waals surface area contributed by atoms with Crippen LogP contribution in [0.3, 0.4) is 0 Å². The van der Waals surface area contributed by atoms with E-state index in [1.165, 1.54) is 10.9 Å². The summed E-state index contributed by atoms with van der Waals surface area (Å²) in [5.41, 5.74) is 0.789. The van der Waals surface area contributed by atoms with E-state index in [0.717, 1.165) is 11.8 Å². The van der Waals surface area contributed by atoms with Crippen molar-refractivity contribution in [1.82, 2.24) is 20.1 Å².